The van der Waals surface area contributed by atoms with Gasteiger partial charge in [0.2, 0.25) is 0 Å². The van der Waals surface area contributed by atoms with Gasteiger partial charge in [-0.15, -0.1) is 0 Å². The van der Waals surface area contributed by atoms with Crippen molar-refractivity contribution >= 4 is 76.2 Å². The molecule has 0 bridgehead atoms. The van der Waals surface area contributed by atoms with Crippen LogP contribution in [-0.2, 0) is 0 Å². The lowest BCUT2D eigenvalue weighted by Gasteiger charge is -2.19. The molecule has 11 aromatic rings. The number of rotatable bonds is 3. The van der Waals surface area contributed by atoms with Crippen molar-refractivity contribution < 1.29 is 8.83 Å². The van der Waals surface area contributed by atoms with Crippen LogP contribution in [0.1, 0.15) is 0 Å². The molecule has 0 radical (unpaired) electrons. The van der Waals surface area contributed by atoms with Gasteiger partial charge in [0.25, 0.3) is 0 Å². The Kier molecular flexibility index (Phi) is 5.70. The molecule has 0 N–H and O–H groups in total. The first-order chi connectivity index (χ1) is 24.8. The smallest absolute Gasteiger partial charge is 0.136 e. The third-order valence-corrected chi connectivity index (χ3v) is 10.4. The van der Waals surface area contributed by atoms with Crippen LogP contribution in [0, 0.1) is 0 Å². The minimum Gasteiger partial charge on any atom is -0.456 e. The van der Waals surface area contributed by atoms with Crippen molar-refractivity contribution in [2.75, 3.05) is 0 Å². The molecule has 0 amide bonds. The van der Waals surface area contributed by atoms with E-state index >= 15 is 0 Å². The molecule has 11 rings (SSSR count). The molecular weight excluding hydrogens is 609 g/mol. The van der Waals surface area contributed by atoms with Crippen molar-refractivity contribution in [1.82, 2.24) is 0 Å². The molecular formula is C48H28O2. The Labute approximate surface area is 287 Å². The van der Waals surface area contributed by atoms with E-state index in [1.54, 1.807) is 0 Å². The van der Waals surface area contributed by atoms with Crippen LogP contribution in [0.3, 0.4) is 0 Å². The van der Waals surface area contributed by atoms with Crippen LogP contribution >= 0.6 is 0 Å². The second kappa shape index (κ2) is 10.4. The highest BCUT2D eigenvalue weighted by molar-refractivity contribution is 6.26. The third-order valence-electron chi connectivity index (χ3n) is 10.4. The van der Waals surface area contributed by atoms with Crippen molar-refractivity contribution in [3.8, 4) is 33.4 Å². The van der Waals surface area contributed by atoms with E-state index in [1.807, 2.05) is 6.07 Å². The summed E-state index contributed by atoms with van der Waals surface area (Å²) in [6.45, 7) is 0. The van der Waals surface area contributed by atoms with Crippen molar-refractivity contribution in [3.05, 3.63) is 170 Å². The first-order valence-electron chi connectivity index (χ1n) is 17.1. The van der Waals surface area contributed by atoms with E-state index in [0.29, 0.717) is 0 Å². The third kappa shape index (κ3) is 3.96. The van der Waals surface area contributed by atoms with Gasteiger partial charge in [-0.2, -0.15) is 0 Å². The summed E-state index contributed by atoms with van der Waals surface area (Å²) in [6.07, 6.45) is 0. The van der Waals surface area contributed by atoms with Gasteiger partial charge in [0, 0.05) is 21.5 Å². The van der Waals surface area contributed by atoms with E-state index < -0.39 is 0 Å². The summed E-state index contributed by atoms with van der Waals surface area (Å²) in [4.78, 5) is 0. The normalized spacial score (nSPS) is 12.0. The van der Waals surface area contributed by atoms with Crippen molar-refractivity contribution in [3.63, 3.8) is 0 Å². The summed E-state index contributed by atoms with van der Waals surface area (Å²) in [5.41, 5.74) is 10.5. The van der Waals surface area contributed by atoms with Gasteiger partial charge in [-0.3, -0.25) is 0 Å². The maximum atomic E-state index is 6.65. The van der Waals surface area contributed by atoms with Crippen molar-refractivity contribution in [1.29, 1.82) is 0 Å². The van der Waals surface area contributed by atoms with Crippen molar-refractivity contribution in [2.45, 2.75) is 0 Å². The molecule has 0 aliphatic carbocycles. The molecule has 2 heteroatoms. The lowest BCUT2D eigenvalue weighted by molar-refractivity contribution is 0.668. The lowest BCUT2D eigenvalue weighted by atomic mass is 9.84. The average molecular weight is 637 g/mol. The van der Waals surface area contributed by atoms with Crippen LogP contribution in [0.5, 0.6) is 0 Å². The topological polar surface area (TPSA) is 26.3 Å². The molecule has 0 saturated carbocycles. The first kappa shape index (κ1) is 27.3. The number of hydrogen-bond acceptors (Lipinski definition) is 2. The minimum atomic E-state index is 0.870. The Morgan fingerprint density at radius 3 is 1.58 bits per heavy atom. The van der Waals surface area contributed by atoms with Gasteiger partial charge in [-0.1, -0.05) is 127 Å². The van der Waals surface area contributed by atoms with E-state index in [4.69, 9.17) is 8.83 Å². The van der Waals surface area contributed by atoms with Gasteiger partial charge in [-0.05, 0) is 108 Å². The second-order valence-electron chi connectivity index (χ2n) is 13.2. The Hall–Kier alpha value is -6.64. The van der Waals surface area contributed by atoms with Gasteiger partial charge in [-0.25, -0.2) is 0 Å². The fraction of sp³-hybridized carbons (Fsp3) is 0. The molecule has 9 aromatic carbocycles. The van der Waals surface area contributed by atoms with Crippen LogP contribution in [-0.4, -0.2) is 0 Å². The maximum absolute atomic E-state index is 6.65. The molecule has 2 heterocycles. The number of benzene rings is 9. The number of para-hydroxylation sites is 1. The second-order valence-corrected chi connectivity index (χ2v) is 13.2. The average Bonchev–Trinajstić information content (AvgIpc) is 3.73. The number of hydrogen-bond donors (Lipinski definition) is 0. The fourth-order valence-electron chi connectivity index (χ4n) is 8.19. The van der Waals surface area contributed by atoms with E-state index in [0.717, 1.165) is 60.6 Å². The van der Waals surface area contributed by atoms with Gasteiger partial charge in [0.15, 0.2) is 0 Å². The Balaban J connectivity index is 1.23. The summed E-state index contributed by atoms with van der Waals surface area (Å²) in [5.74, 6) is 0. The van der Waals surface area contributed by atoms with Crippen molar-refractivity contribution in [2.24, 2.45) is 0 Å². The molecule has 50 heavy (non-hydrogen) atoms. The number of furan rings is 2. The van der Waals surface area contributed by atoms with E-state index in [1.165, 1.54) is 49.0 Å². The van der Waals surface area contributed by atoms with Crippen LogP contribution in [0.4, 0.5) is 0 Å². The molecule has 0 spiro atoms. The molecule has 2 nitrogen and oxygen atoms in total. The van der Waals surface area contributed by atoms with E-state index in [9.17, 15) is 0 Å². The SMILES string of the molecule is c1ccc(-c2c3ccccc3c(-c3cc(-c4ccc5c(c4)oc4cc6ccccc6cc45)cc4oc5ccccc5c34)c3ccccc23)cc1. The predicted molar refractivity (Wildman–Crippen MR) is 210 cm³/mol. The van der Waals surface area contributed by atoms with Gasteiger partial charge < -0.3 is 8.83 Å². The highest BCUT2D eigenvalue weighted by Gasteiger charge is 2.22. The summed E-state index contributed by atoms with van der Waals surface area (Å²) in [5, 5.41) is 11.8. The highest BCUT2D eigenvalue weighted by atomic mass is 16.3. The molecule has 2 aromatic heterocycles. The standard InChI is InChI=1S/C48H28O2/c1-2-12-29(13-3-1)46-35-16-6-8-18-37(35)47(38-19-9-7-17-36(38)46)41-25-33(28-45-48(41)39-20-10-11-21-42(39)49-45)32-22-23-34-40-24-30-14-4-5-15-31(30)26-44(40)50-43(34)27-32/h1-28H. The van der Waals surface area contributed by atoms with Crippen LogP contribution in [0.15, 0.2) is 179 Å². The molecule has 0 unspecified atom stereocenters. The fourth-order valence-corrected chi connectivity index (χ4v) is 8.19. The van der Waals surface area contributed by atoms with Crippen LogP contribution in [0.25, 0.3) is 110 Å². The summed E-state index contributed by atoms with van der Waals surface area (Å²) >= 11 is 0. The predicted octanol–water partition coefficient (Wildman–Crippen LogP) is 13.9. The molecule has 0 aliphatic heterocycles. The zero-order valence-electron chi connectivity index (χ0n) is 27.0. The number of fused-ring (bicyclic) bond motifs is 9. The van der Waals surface area contributed by atoms with E-state index in [-0.39, 0.29) is 0 Å². The van der Waals surface area contributed by atoms with Gasteiger partial charge >= 0.3 is 0 Å². The minimum absolute atomic E-state index is 0.870. The first-order valence-corrected chi connectivity index (χ1v) is 17.1. The molecule has 0 aliphatic rings. The Morgan fingerprint density at radius 2 is 0.840 bits per heavy atom. The zero-order chi connectivity index (χ0) is 32.8. The monoisotopic (exact) mass is 636 g/mol. The van der Waals surface area contributed by atoms with Gasteiger partial charge in [0.1, 0.15) is 22.3 Å². The van der Waals surface area contributed by atoms with Crippen LogP contribution in [0.2, 0.25) is 0 Å². The summed E-state index contributed by atoms with van der Waals surface area (Å²) in [7, 11) is 0. The van der Waals surface area contributed by atoms with Gasteiger partial charge in [0.05, 0.1) is 0 Å². The summed E-state index contributed by atoms with van der Waals surface area (Å²) in [6, 6.07) is 60.8. The zero-order valence-corrected chi connectivity index (χ0v) is 27.0. The van der Waals surface area contributed by atoms with Crippen LogP contribution < -0.4 is 0 Å². The molecule has 0 atom stereocenters. The maximum Gasteiger partial charge on any atom is 0.136 e. The summed E-state index contributed by atoms with van der Waals surface area (Å²) < 4.78 is 13.2. The Morgan fingerprint density at radius 1 is 0.280 bits per heavy atom. The highest BCUT2D eigenvalue weighted by Crippen LogP contribution is 2.48. The quantitative estimate of drug-likeness (QED) is 0.180. The lowest BCUT2D eigenvalue weighted by Crippen LogP contribution is -1.92. The molecule has 0 fully saturated rings. The Bertz CT molecular complexity index is 3080. The van der Waals surface area contributed by atoms with E-state index in [2.05, 4.69) is 164 Å². The molecule has 232 valence electrons. The molecule has 0 saturated heterocycles. The largest absolute Gasteiger partial charge is 0.456 e.